The molecule has 7 nitrogen and oxygen atoms in total. The van der Waals surface area contributed by atoms with Crippen LogP contribution in [0.2, 0.25) is 0 Å². The first-order valence-electron chi connectivity index (χ1n) is 9.49. The van der Waals surface area contributed by atoms with Crippen LogP contribution >= 0.6 is 0 Å². The van der Waals surface area contributed by atoms with Gasteiger partial charge in [-0.15, -0.1) is 8.78 Å². The number of methoxy groups -OCH3 is 1. The van der Waals surface area contributed by atoms with Crippen molar-refractivity contribution in [3.63, 3.8) is 0 Å². The molecule has 31 heavy (non-hydrogen) atoms. The van der Waals surface area contributed by atoms with Gasteiger partial charge in [0.15, 0.2) is 11.5 Å². The third kappa shape index (κ3) is 3.48. The summed E-state index contributed by atoms with van der Waals surface area (Å²) in [4.78, 5) is 19.9. The second-order valence-electron chi connectivity index (χ2n) is 7.25. The number of anilines is 1. The van der Waals surface area contributed by atoms with Gasteiger partial charge in [0.2, 0.25) is 11.9 Å². The highest BCUT2D eigenvalue weighted by Crippen LogP contribution is 2.43. The topological polar surface area (TPSA) is 85.5 Å². The maximum atomic E-state index is 13.2. The van der Waals surface area contributed by atoms with Crippen LogP contribution in [0.3, 0.4) is 0 Å². The minimum absolute atomic E-state index is 0.0970. The van der Waals surface area contributed by atoms with E-state index in [0.717, 1.165) is 22.1 Å². The van der Waals surface area contributed by atoms with Gasteiger partial charge in [0.05, 0.1) is 24.1 Å². The van der Waals surface area contributed by atoms with Crippen LogP contribution in [-0.4, -0.2) is 29.3 Å². The minimum atomic E-state index is -3.70. The van der Waals surface area contributed by atoms with Gasteiger partial charge >= 0.3 is 6.29 Å². The third-order valence-corrected chi connectivity index (χ3v) is 5.21. The zero-order valence-corrected chi connectivity index (χ0v) is 16.5. The van der Waals surface area contributed by atoms with Crippen molar-refractivity contribution in [2.24, 2.45) is 0 Å². The summed E-state index contributed by atoms with van der Waals surface area (Å²) in [5.41, 5.74) is 1.64. The first-order valence-corrected chi connectivity index (χ1v) is 9.49. The number of aromatic nitrogens is 2. The molecule has 1 aliphatic heterocycles. The van der Waals surface area contributed by atoms with E-state index in [1.165, 1.54) is 12.1 Å². The monoisotopic (exact) mass is 425 g/mol. The molecule has 1 atom stereocenters. The standard InChI is InChI=1S/C22H17F2N3O4/c1-11(12-3-4-14-8-15(29-2)6-5-13(14)7-12)20(28)27-21-25-16-9-18-19(10-17(16)26-21)31-22(23,24)30-18/h3-11H,1-2H3,(H2,25,26,27,28)/t11-/m0/s1. The number of alkyl halides is 2. The van der Waals surface area contributed by atoms with E-state index in [2.05, 4.69) is 24.8 Å². The van der Waals surface area contributed by atoms with E-state index < -0.39 is 12.2 Å². The Morgan fingerprint density at radius 2 is 1.81 bits per heavy atom. The predicted molar refractivity (Wildman–Crippen MR) is 110 cm³/mol. The molecule has 5 rings (SSSR count). The van der Waals surface area contributed by atoms with Gasteiger partial charge < -0.3 is 19.2 Å². The Morgan fingerprint density at radius 1 is 1.10 bits per heavy atom. The molecule has 0 saturated carbocycles. The third-order valence-electron chi connectivity index (χ3n) is 5.21. The number of fused-ring (bicyclic) bond motifs is 3. The van der Waals surface area contributed by atoms with Gasteiger partial charge in [-0.2, -0.15) is 0 Å². The summed E-state index contributed by atoms with van der Waals surface area (Å²) in [6, 6.07) is 14.2. The number of aromatic amines is 1. The van der Waals surface area contributed by atoms with Gasteiger partial charge in [-0.05, 0) is 35.4 Å². The molecule has 1 aromatic heterocycles. The van der Waals surface area contributed by atoms with E-state index in [1.54, 1.807) is 14.0 Å². The van der Waals surface area contributed by atoms with E-state index in [1.807, 2.05) is 36.4 Å². The van der Waals surface area contributed by atoms with Crippen LogP contribution in [-0.2, 0) is 4.79 Å². The average molecular weight is 425 g/mol. The van der Waals surface area contributed by atoms with Crippen molar-refractivity contribution < 1.29 is 27.8 Å². The Balaban J connectivity index is 1.36. The Kier molecular flexibility index (Phi) is 4.21. The quantitative estimate of drug-likeness (QED) is 0.491. The number of carbonyl (C=O) groups is 1. The highest BCUT2D eigenvalue weighted by molar-refractivity contribution is 5.96. The highest BCUT2D eigenvalue weighted by Gasteiger charge is 2.43. The van der Waals surface area contributed by atoms with Crippen molar-refractivity contribution in [3.05, 3.63) is 54.1 Å². The number of H-pyrrole nitrogens is 1. The summed E-state index contributed by atoms with van der Waals surface area (Å²) in [6.07, 6.45) is -3.70. The molecule has 9 heteroatoms. The number of nitrogens with one attached hydrogen (secondary N) is 2. The van der Waals surface area contributed by atoms with Crippen molar-refractivity contribution >= 4 is 33.7 Å². The Hall–Kier alpha value is -3.88. The van der Waals surface area contributed by atoms with Gasteiger partial charge in [0, 0.05) is 12.1 Å². The lowest BCUT2D eigenvalue weighted by Crippen LogP contribution is -2.25. The van der Waals surface area contributed by atoms with Gasteiger partial charge in [0.25, 0.3) is 0 Å². The zero-order valence-electron chi connectivity index (χ0n) is 16.5. The van der Waals surface area contributed by atoms with Crippen LogP contribution in [0.1, 0.15) is 18.4 Å². The van der Waals surface area contributed by atoms with E-state index >= 15 is 0 Å². The summed E-state index contributed by atoms with van der Waals surface area (Å²) in [7, 11) is 1.61. The SMILES string of the molecule is COc1ccc2cc([C@H](C)C(=O)Nc3nc4cc5c(cc4[nH]3)OC(F)(F)O5)ccc2c1. The van der Waals surface area contributed by atoms with Crippen LogP contribution in [0, 0.1) is 0 Å². The number of imidazole rings is 1. The number of hydrogen-bond acceptors (Lipinski definition) is 5. The molecule has 0 saturated heterocycles. The minimum Gasteiger partial charge on any atom is -0.497 e. The fraction of sp³-hybridized carbons (Fsp3) is 0.182. The second-order valence-corrected chi connectivity index (χ2v) is 7.25. The molecule has 1 aliphatic rings. The predicted octanol–water partition coefficient (Wildman–Crippen LogP) is 4.79. The molecule has 0 radical (unpaired) electrons. The number of rotatable bonds is 4. The largest absolute Gasteiger partial charge is 0.586 e. The summed E-state index contributed by atoms with van der Waals surface area (Å²) < 4.78 is 40.5. The molecule has 0 unspecified atom stereocenters. The van der Waals surface area contributed by atoms with Gasteiger partial charge in [-0.25, -0.2) is 4.98 Å². The molecule has 3 aromatic carbocycles. The van der Waals surface area contributed by atoms with Crippen LogP contribution in [0.4, 0.5) is 14.7 Å². The van der Waals surface area contributed by atoms with Gasteiger partial charge in [0.1, 0.15) is 5.75 Å². The van der Waals surface area contributed by atoms with E-state index in [9.17, 15) is 13.6 Å². The number of ether oxygens (including phenoxy) is 3. The fourth-order valence-corrected chi connectivity index (χ4v) is 3.53. The number of benzene rings is 3. The fourth-order valence-electron chi connectivity index (χ4n) is 3.53. The molecule has 0 bridgehead atoms. The number of amides is 1. The molecule has 0 fully saturated rings. The Bertz CT molecular complexity index is 1290. The highest BCUT2D eigenvalue weighted by atomic mass is 19.3. The summed E-state index contributed by atoms with van der Waals surface area (Å²) in [5.74, 6) is 0.0472. The summed E-state index contributed by atoms with van der Waals surface area (Å²) in [5, 5.41) is 4.74. The molecular weight excluding hydrogens is 408 g/mol. The smallest absolute Gasteiger partial charge is 0.497 e. The van der Waals surface area contributed by atoms with Crippen molar-refractivity contribution in [2.75, 3.05) is 12.4 Å². The Labute approximate surface area is 174 Å². The van der Waals surface area contributed by atoms with Crippen molar-refractivity contribution in [2.45, 2.75) is 19.1 Å². The lowest BCUT2D eigenvalue weighted by atomic mass is 9.97. The first kappa shape index (κ1) is 19.1. The Morgan fingerprint density at radius 3 is 2.58 bits per heavy atom. The van der Waals surface area contributed by atoms with Gasteiger partial charge in [-0.1, -0.05) is 24.3 Å². The van der Waals surface area contributed by atoms with Crippen LogP contribution in [0.5, 0.6) is 17.2 Å². The molecule has 158 valence electrons. The van der Waals surface area contributed by atoms with E-state index in [4.69, 9.17) is 4.74 Å². The van der Waals surface area contributed by atoms with Crippen LogP contribution in [0.25, 0.3) is 21.8 Å². The molecule has 0 spiro atoms. The normalized spacial score (nSPS) is 15.2. The molecule has 2 heterocycles. The maximum Gasteiger partial charge on any atom is 0.586 e. The van der Waals surface area contributed by atoms with E-state index in [-0.39, 0.29) is 23.4 Å². The molecule has 0 aliphatic carbocycles. The molecule has 1 amide bonds. The number of nitrogens with zero attached hydrogens (tertiary/aromatic N) is 1. The number of hydrogen-bond donors (Lipinski definition) is 2. The second kappa shape index (κ2) is 6.83. The summed E-state index contributed by atoms with van der Waals surface area (Å²) >= 11 is 0. The summed E-state index contributed by atoms with van der Waals surface area (Å²) in [6.45, 7) is 1.79. The number of carbonyl (C=O) groups excluding carboxylic acids is 1. The maximum absolute atomic E-state index is 13.2. The van der Waals surface area contributed by atoms with E-state index in [0.29, 0.717) is 11.0 Å². The number of halogens is 2. The van der Waals surface area contributed by atoms with Crippen LogP contribution in [0.15, 0.2) is 48.5 Å². The average Bonchev–Trinajstić information content (AvgIpc) is 3.26. The molecule has 4 aromatic rings. The van der Waals surface area contributed by atoms with Gasteiger partial charge in [-0.3, -0.25) is 10.1 Å². The van der Waals surface area contributed by atoms with Crippen LogP contribution < -0.4 is 19.5 Å². The lowest BCUT2D eigenvalue weighted by Gasteiger charge is -2.12. The molecular formula is C22H17F2N3O4. The molecule has 2 N–H and O–H groups in total. The lowest BCUT2D eigenvalue weighted by molar-refractivity contribution is -0.286. The van der Waals surface area contributed by atoms with Crippen molar-refractivity contribution in [1.82, 2.24) is 9.97 Å². The zero-order chi connectivity index (χ0) is 21.8. The van der Waals surface area contributed by atoms with Crippen molar-refractivity contribution in [1.29, 1.82) is 0 Å². The first-order chi connectivity index (χ1) is 14.8. The van der Waals surface area contributed by atoms with Crippen molar-refractivity contribution in [3.8, 4) is 17.2 Å².